The van der Waals surface area contributed by atoms with Crippen LogP contribution in [0, 0.1) is 0 Å². The minimum absolute atomic E-state index is 0.117. The smallest absolute Gasteiger partial charge is 0.202 e. The Morgan fingerprint density at radius 2 is 1.35 bits per heavy atom. The molecule has 0 aliphatic carbocycles. The van der Waals surface area contributed by atoms with Gasteiger partial charge >= 0.3 is 0 Å². The molecule has 0 fully saturated rings. The summed E-state index contributed by atoms with van der Waals surface area (Å²) >= 11 is 1.61. The van der Waals surface area contributed by atoms with Crippen molar-refractivity contribution >= 4 is 22.7 Å². The average Bonchev–Trinajstić information content (AvgIpc) is 2.71. The molecule has 0 bridgehead atoms. The second-order valence-electron chi connectivity index (χ2n) is 6.23. The van der Waals surface area contributed by atoms with Gasteiger partial charge in [0.05, 0.1) is 10.4 Å². The molecule has 4 aromatic rings. The molecule has 0 N–H and O–H groups in total. The SMILES string of the molecule is O=c1c(SCc2ccccc2)cn(Cc2ccccc2)c2ccccc12. The van der Waals surface area contributed by atoms with E-state index in [1.165, 1.54) is 11.1 Å². The summed E-state index contributed by atoms with van der Waals surface area (Å²) in [5, 5.41) is 0.779. The molecule has 0 saturated heterocycles. The first-order valence-corrected chi connectivity index (χ1v) is 9.63. The summed E-state index contributed by atoms with van der Waals surface area (Å²) in [6.07, 6.45) is 2.01. The van der Waals surface area contributed by atoms with E-state index in [-0.39, 0.29) is 5.43 Å². The van der Waals surface area contributed by atoms with Crippen LogP contribution in [0.15, 0.2) is 101 Å². The molecular formula is C23H19NOS. The van der Waals surface area contributed by atoms with Crippen LogP contribution in [-0.4, -0.2) is 4.57 Å². The van der Waals surface area contributed by atoms with Crippen molar-refractivity contribution in [2.75, 3.05) is 0 Å². The van der Waals surface area contributed by atoms with E-state index in [9.17, 15) is 4.79 Å². The van der Waals surface area contributed by atoms with Gasteiger partial charge in [-0.3, -0.25) is 4.79 Å². The molecule has 1 aromatic heterocycles. The summed E-state index contributed by atoms with van der Waals surface area (Å²) in [5.41, 5.74) is 3.54. The van der Waals surface area contributed by atoms with Gasteiger partial charge in [-0.25, -0.2) is 0 Å². The molecule has 0 radical (unpaired) electrons. The Bertz CT molecular complexity index is 1070. The Morgan fingerprint density at radius 3 is 2.08 bits per heavy atom. The Labute approximate surface area is 157 Å². The fourth-order valence-electron chi connectivity index (χ4n) is 3.07. The van der Waals surface area contributed by atoms with Crippen LogP contribution in [0.5, 0.6) is 0 Å². The van der Waals surface area contributed by atoms with Crippen LogP contribution in [0.4, 0.5) is 0 Å². The lowest BCUT2D eigenvalue weighted by molar-refractivity contribution is 0.810. The van der Waals surface area contributed by atoms with E-state index in [0.29, 0.717) is 0 Å². The van der Waals surface area contributed by atoms with Crippen LogP contribution in [0.25, 0.3) is 10.9 Å². The van der Waals surface area contributed by atoms with Gasteiger partial charge in [0.2, 0.25) is 5.43 Å². The quantitative estimate of drug-likeness (QED) is 0.450. The predicted molar refractivity (Wildman–Crippen MR) is 110 cm³/mol. The highest BCUT2D eigenvalue weighted by atomic mass is 32.2. The minimum atomic E-state index is 0.117. The van der Waals surface area contributed by atoms with E-state index in [1.54, 1.807) is 11.8 Å². The molecule has 1 heterocycles. The van der Waals surface area contributed by atoms with Crippen molar-refractivity contribution in [3.8, 4) is 0 Å². The summed E-state index contributed by atoms with van der Waals surface area (Å²) < 4.78 is 2.18. The second kappa shape index (κ2) is 7.63. The van der Waals surface area contributed by atoms with Gasteiger partial charge in [0.15, 0.2) is 0 Å². The molecule has 0 amide bonds. The third-order valence-electron chi connectivity index (χ3n) is 4.39. The van der Waals surface area contributed by atoms with Crippen LogP contribution in [0.3, 0.4) is 0 Å². The van der Waals surface area contributed by atoms with Crippen LogP contribution in [0.2, 0.25) is 0 Å². The lowest BCUT2D eigenvalue weighted by Crippen LogP contribution is -2.12. The van der Waals surface area contributed by atoms with Crippen molar-refractivity contribution < 1.29 is 0 Å². The third kappa shape index (κ3) is 3.58. The first kappa shape index (κ1) is 16.7. The van der Waals surface area contributed by atoms with E-state index in [1.807, 2.05) is 66.9 Å². The highest BCUT2D eigenvalue weighted by Gasteiger charge is 2.10. The summed E-state index contributed by atoms with van der Waals surface area (Å²) in [7, 11) is 0. The number of para-hydroxylation sites is 1. The maximum Gasteiger partial charge on any atom is 0.202 e. The maximum absolute atomic E-state index is 12.9. The number of hydrogen-bond acceptors (Lipinski definition) is 2. The number of aromatic nitrogens is 1. The molecule has 0 aliphatic rings. The molecule has 3 aromatic carbocycles. The van der Waals surface area contributed by atoms with Crippen LogP contribution < -0.4 is 5.43 Å². The predicted octanol–water partition coefficient (Wildman–Crippen LogP) is 5.34. The fraction of sp³-hybridized carbons (Fsp3) is 0.0870. The second-order valence-corrected chi connectivity index (χ2v) is 7.24. The maximum atomic E-state index is 12.9. The van der Waals surface area contributed by atoms with Gasteiger partial charge in [-0.15, -0.1) is 11.8 Å². The molecule has 0 aliphatic heterocycles. The number of nitrogens with zero attached hydrogens (tertiary/aromatic N) is 1. The van der Waals surface area contributed by atoms with Gasteiger partial charge < -0.3 is 4.57 Å². The minimum Gasteiger partial charge on any atom is -0.342 e. The van der Waals surface area contributed by atoms with Gasteiger partial charge in [-0.1, -0.05) is 72.8 Å². The number of pyridine rings is 1. The van der Waals surface area contributed by atoms with Gasteiger partial charge in [-0.2, -0.15) is 0 Å². The van der Waals surface area contributed by atoms with Crippen molar-refractivity contribution in [3.63, 3.8) is 0 Å². The Morgan fingerprint density at radius 1 is 0.731 bits per heavy atom. The van der Waals surface area contributed by atoms with Crippen molar-refractivity contribution in [2.45, 2.75) is 17.2 Å². The zero-order valence-electron chi connectivity index (χ0n) is 14.3. The molecule has 0 atom stereocenters. The lowest BCUT2D eigenvalue weighted by atomic mass is 10.2. The Balaban J connectivity index is 1.73. The molecule has 0 unspecified atom stereocenters. The van der Waals surface area contributed by atoms with Gasteiger partial charge in [0.1, 0.15) is 0 Å². The Hall–Kier alpha value is -2.78. The summed E-state index contributed by atoms with van der Waals surface area (Å²) in [6.45, 7) is 0.751. The third-order valence-corrected chi connectivity index (χ3v) is 5.47. The normalized spacial score (nSPS) is 10.9. The molecule has 0 spiro atoms. The number of rotatable bonds is 5. The largest absolute Gasteiger partial charge is 0.342 e. The summed E-state index contributed by atoms with van der Waals surface area (Å²) in [4.78, 5) is 13.7. The van der Waals surface area contributed by atoms with Gasteiger partial charge in [0.25, 0.3) is 0 Å². The van der Waals surface area contributed by atoms with Crippen molar-refractivity contribution in [3.05, 3.63) is 112 Å². The zero-order chi connectivity index (χ0) is 17.8. The zero-order valence-corrected chi connectivity index (χ0v) is 15.2. The van der Waals surface area contributed by atoms with Crippen LogP contribution in [0.1, 0.15) is 11.1 Å². The molecule has 3 heteroatoms. The highest BCUT2D eigenvalue weighted by molar-refractivity contribution is 7.98. The number of fused-ring (bicyclic) bond motifs is 1. The topological polar surface area (TPSA) is 22.0 Å². The monoisotopic (exact) mass is 357 g/mol. The van der Waals surface area contributed by atoms with Gasteiger partial charge in [-0.05, 0) is 23.3 Å². The van der Waals surface area contributed by atoms with E-state index in [2.05, 4.69) is 28.8 Å². The van der Waals surface area contributed by atoms with E-state index in [0.717, 1.165) is 28.1 Å². The standard InChI is InChI=1S/C23H19NOS/c25-23-20-13-7-8-14-21(20)24(15-18-9-3-1-4-10-18)16-22(23)26-17-19-11-5-2-6-12-19/h1-14,16H,15,17H2. The highest BCUT2D eigenvalue weighted by Crippen LogP contribution is 2.23. The van der Waals surface area contributed by atoms with E-state index in [4.69, 9.17) is 0 Å². The number of benzene rings is 3. The molecule has 4 rings (SSSR count). The molecule has 26 heavy (non-hydrogen) atoms. The van der Waals surface area contributed by atoms with Gasteiger partial charge in [0, 0.05) is 23.9 Å². The molecule has 128 valence electrons. The van der Waals surface area contributed by atoms with Crippen LogP contribution in [-0.2, 0) is 12.3 Å². The molecule has 0 saturated carbocycles. The summed E-state index contributed by atoms with van der Waals surface area (Å²) in [6, 6.07) is 28.5. The average molecular weight is 357 g/mol. The van der Waals surface area contributed by atoms with E-state index >= 15 is 0 Å². The molecular weight excluding hydrogens is 338 g/mol. The van der Waals surface area contributed by atoms with Crippen molar-refractivity contribution in [1.82, 2.24) is 4.57 Å². The molecule has 2 nitrogen and oxygen atoms in total. The van der Waals surface area contributed by atoms with Crippen molar-refractivity contribution in [1.29, 1.82) is 0 Å². The number of hydrogen-bond donors (Lipinski definition) is 0. The first-order valence-electron chi connectivity index (χ1n) is 8.64. The van der Waals surface area contributed by atoms with E-state index < -0.39 is 0 Å². The fourth-order valence-corrected chi connectivity index (χ4v) is 4.03. The van der Waals surface area contributed by atoms with Crippen LogP contribution >= 0.6 is 11.8 Å². The van der Waals surface area contributed by atoms with Crippen molar-refractivity contribution in [2.24, 2.45) is 0 Å². The Kier molecular flexibility index (Phi) is 4.89. The summed E-state index contributed by atoms with van der Waals surface area (Å²) in [5.74, 6) is 0.791. The first-order chi connectivity index (χ1) is 12.8. The number of thioether (sulfide) groups is 1. The lowest BCUT2D eigenvalue weighted by Gasteiger charge is -2.13.